The molecule has 5 nitrogen and oxygen atoms in total. The van der Waals surface area contributed by atoms with Crippen molar-refractivity contribution in [3.63, 3.8) is 0 Å². The number of hydrogen-bond acceptors (Lipinski definition) is 3. The standard InChI is InChI=1S/C15H22N2O3S/c1-21(19,20)17(14-9-5-6-10-14)12-11-16-15(18)13-7-3-2-4-8-13/h2-4,7-8,14H,5-6,9-12H2,1H3,(H,16,18). The first-order valence-corrected chi connectivity index (χ1v) is 9.13. The Morgan fingerprint density at radius 3 is 2.43 bits per heavy atom. The minimum Gasteiger partial charge on any atom is -0.351 e. The highest BCUT2D eigenvalue weighted by atomic mass is 32.2. The molecule has 1 amide bonds. The summed E-state index contributed by atoms with van der Waals surface area (Å²) in [5, 5.41) is 2.78. The largest absolute Gasteiger partial charge is 0.351 e. The van der Waals surface area contributed by atoms with Crippen molar-refractivity contribution in [2.75, 3.05) is 19.3 Å². The van der Waals surface area contributed by atoms with E-state index in [0.29, 0.717) is 18.7 Å². The Bertz CT molecular complexity index is 566. The second-order valence-corrected chi connectivity index (χ2v) is 7.37. The Morgan fingerprint density at radius 1 is 1.24 bits per heavy atom. The van der Waals surface area contributed by atoms with E-state index in [1.165, 1.54) is 10.6 Å². The summed E-state index contributed by atoms with van der Waals surface area (Å²) >= 11 is 0. The van der Waals surface area contributed by atoms with Crippen LogP contribution in [-0.2, 0) is 10.0 Å². The maximum absolute atomic E-state index is 11.9. The number of amides is 1. The van der Waals surface area contributed by atoms with Crippen LogP contribution in [0.1, 0.15) is 36.0 Å². The molecule has 0 atom stereocenters. The molecule has 1 aliphatic rings. The second-order valence-electron chi connectivity index (χ2n) is 5.43. The number of benzene rings is 1. The van der Waals surface area contributed by atoms with E-state index in [1.54, 1.807) is 24.3 Å². The molecule has 1 fully saturated rings. The van der Waals surface area contributed by atoms with E-state index >= 15 is 0 Å². The zero-order valence-electron chi connectivity index (χ0n) is 12.3. The lowest BCUT2D eigenvalue weighted by molar-refractivity contribution is 0.0950. The molecule has 2 rings (SSSR count). The van der Waals surface area contributed by atoms with Gasteiger partial charge < -0.3 is 5.32 Å². The maximum atomic E-state index is 11.9. The molecule has 1 aromatic rings. The number of nitrogens with zero attached hydrogens (tertiary/aromatic N) is 1. The third-order valence-electron chi connectivity index (χ3n) is 3.81. The molecule has 116 valence electrons. The molecule has 1 saturated carbocycles. The fourth-order valence-electron chi connectivity index (χ4n) is 2.78. The van der Waals surface area contributed by atoms with Crippen molar-refractivity contribution in [2.45, 2.75) is 31.7 Å². The van der Waals surface area contributed by atoms with Gasteiger partial charge in [-0.25, -0.2) is 8.42 Å². The summed E-state index contributed by atoms with van der Waals surface area (Å²) in [6.45, 7) is 0.666. The van der Waals surface area contributed by atoms with Crippen LogP contribution in [-0.4, -0.2) is 44.0 Å². The number of sulfonamides is 1. The quantitative estimate of drug-likeness (QED) is 0.868. The summed E-state index contributed by atoms with van der Waals surface area (Å²) in [6, 6.07) is 9.02. The first-order chi connectivity index (χ1) is 9.98. The zero-order chi connectivity index (χ0) is 15.3. The Balaban J connectivity index is 1.89. The smallest absolute Gasteiger partial charge is 0.251 e. The molecule has 0 unspecified atom stereocenters. The maximum Gasteiger partial charge on any atom is 0.251 e. The first kappa shape index (κ1) is 16.0. The molecule has 0 spiro atoms. The van der Waals surface area contributed by atoms with Gasteiger partial charge in [0.25, 0.3) is 5.91 Å². The van der Waals surface area contributed by atoms with Gasteiger partial charge in [-0.15, -0.1) is 0 Å². The van der Waals surface area contributed by atoms with Crippen molar-refractivity contribution in [2.24, 2.45) is 0 Å². The van der Waals surface area contributed by atoms with E-state index in [4.69, 9.17) is 0 Å². The van der Waals surface area contributed by atoms with Gasteiger partial charge in [0.15, 0.2) is 0 Å². The van der Waals surface area contributed by atoms with E-state index in [2.05, 4.69) is 5.32 Å². The van der Waals surface area contributed by atoms with Crippen LogP contribution in [0.2, 0.25) is 0 Å². The SMILES string of the molecule is CS(=O)(=O)N(CCNC(=O)c1ccccc1)C1CCCC1. The Hall–Kier alpha value is -1.40. The Morgan fingerprint density at radius 2 is 1.86 bits per heavy atom. The van der Waals surface area contributed by atoms with Crippen molar-refractivity contribution in [1.29, 1.82) is 0 Å². The van der Waals surface area contributed by atoms with Gasteiger partial charge in [-0.1, -0.05) is 31.0 Å². The molecule has 0 aromatic heterocycles. The van der Waals surface area contributed by atoms with Crippen LogP contribution in [0.4, 0.5) is 0 Å². The Kier molecular flexibility index (Phi) is 5.36. The molecule has 0 heterocycles. The van der Waals surface area contributed by atoms with Crippen LogP contribution in [0, 0.1) is 0 Å². The highest BCUT2D eigenvalue weighted by molar-refractivity contribution is 7.88. The van der Waals surface area contributed by atoms with E-state index < -0.39 is 10.0 Å². The predicted molar refractivity (Wildman–Crippen MR) is 82.6 cm³/mol. The topological polar surface area (TPSA) is 66.5 Å². The highest BCUT2D eigenvalue weighted by Crippen LogP contribution is 2.24. The third kappa shape index (κ3) is 4.54. The van der Waals surface area contributed by atoms with Gasteiger partial charge in [0.2, 0.25) is 10.0 Å². The fraction of sp³-hybridized carbons (Fsp3) is 0.533. The van der Waals surface area contributed by atoms with Crippen LogP contribution in [0.15, 0.2) is 30.3 Å². The minimum absolute atomic E-state index is 0.0913. The van der Waals surface area contributed by atoms with Gasteiger partial charge in [0, 0.05) is 24.7 Å². The number of rotatable bonds is 6. The normalized spacial score (nSPS) is 16.3. The summed E-state index contributed by atoms with van der Waals surface area (Å²) in [6.07, 6.45) is 5.23. The molecule has 21 heavy (non-hydrogen) atoms. The summed E-state index contributed by atoms with van der Waals surface area (Å²) in [7, 11) is -3.23. The number of carbonyl (C=O) groups is 1. The van der Waals surface area contributed by atoms with Crippen LogP contribution in [0.25, 0.3) is 0 Å². The van der Waals surface area contributed by atoms with Crippen LogP contribution < -0.4 is 5.32 Å². The summed E-state index contributed by atoms with van der Waals surface area (Å²) in [5.74, 6) is -0.171. The average Bonchev–Trinajstić information content (AvgIpc) is 2.96. The van der Waals surface area contributed by atoms with Gasteiger partial charge >= 0.3 is 0 Å². The number of carbonyl (C=O) groups excluding carboxylic acids is 1. The molecule has 1 aromatic carbocycles. The predicted octanol–water partition coefficient (Wildman–Crippen LogP) is 1.62. The molecular weight excluding hydrogens is 288 g/mol. The molecule has 0 saturated heterocycles. The van der Waals surface area contributed by atoms with Gasteiger partial charge in [0.1, 0.15) is 0 Å². The van der Waals surface area contributed by atoms with Crippen molar-refractivity contribution in [3.05, 3.63) is 35.9 Å². The van der Waals surface area contributed by atoms with Crippen LogP contribution >= 0.6 is 0 Å². The van der Waals surface area contributed by atoms with Crippen molar-refractivity contribution in [1.82, 2.24) is 9.62 Å². The third-order valence-corrected chi connectivity index (χ3v) is 5.14. The number of nitrogens with one attached hydrogen (secondary N) is 1. The molecule has 1 N–H and O–H groups in total. The average molecular weight is 310 g/mol. The summed E-state index contributed by atoms with van der Waals surface area (Å²) < 4.78 is 25.3. The minimum atomic E-state index is -3.23. The number of hydrogen-bond donors (Lipinski definition) is 1. The first-order valence-electron chi connectivity index (χ1n) is 7.28. The van der Waals surface area contributed by atoms with Gasteiger partial charge in [-0.3, -0.25) is 4.79 Å². The molecule has 0 radical (unpaired) electrons. The van der Waals surface area contributed by atoms with Gasteiger partial charge in [-0.05, 0) is 25.0 Å². The summed E-state index contributed by atoms with van der Waals surface area (Å²) in [5.41, 5.74) is 0.587. The van der Waals surface area contributed by atoms with Crippen molar-refractivity contribution >= 4 is 15.9 Å². The van der Waals surface area contributed by atoms with Crippen molar-refractivity contribution < 1.29 is 13.2 Å². The van der Waals surface area contributed by atoms with E-state index in [-0.39, 0.29) is 11.9 Å². The summed E-state index contributed by atoms with van der Waals surface area (Å²) in [4.78, 5) is 11.9. The monoisotopic (exact) mass is 310 g/mol. The van der Waals surface area contributed by atoms with Gasteiger partial charge in [-0.2, -0.15) is 4.31 Å². The van der Waals surface area contributed by atoms with Crippen LogP contribution in [0.5, 0.6) is 0 Å². The van der Waals surface area contributed by atoms with E-state index in [9.17, 15) is 13.2 Å². The van der Waals surface area contributed by atoms with E-state index in [0.717, 1.165) is 25.7 Å². The lowest BCUT2D eigenvalue weighted by Gasteiger charge is -2.26. The molecule has 1 aliphatic carbocycles. The molecule has 6 heteroatoms. The lowest BCUT2D eigenvalue weighted by atomic mass is 10.2. The zero-order valence-corrected chi connectivity index (χ0v) is 13.1. The molecule has 0 aliphatic heterocycles. The lowest BCUT2D eigenvalue weighted by Crippen LogP contribution is -2.43. The highest BCUT2D eigenvalue weighted by Gasteiger charge is 2.28. The van der Waals surface area contributed by atoms with Gasteiger partial charge in [0.05, 0.1) is 6.26 Å². The van der Waals surface area contributed by atoms with Crippen molar-refractivity contribution in [3.8, 4) is 0 Å². The van der Waals surface area contributed by atoms with Crippen LogP contribution in [0.3, 0.4) is 0 Å². The Labute approximate surface area is 126 Å². The second kappa shape index (κ2) is 7.04. The fourth-order valence-corrected chi connectivity index (χ4v) is 3.96. The molecular formula is C15H22N2O3S. The van der Waals surface area contributed by atoms with E-state index in [1.807, 2.05) is 6.07 Å². The molecule has 0 bridgehead atoms.